The predicted molar refractivity (Wildman–Crippen MR) is 147 cm³/mol. The van der Waals surface area contributed by atoms with Crippen molar-refractivity contribution in [2.75, 3.05) is 0 Å². The molecule has 3 aromatic rings. The van der Waals surface area contributed by atoms with Gasteiger partial charge in [0.05, 0.1) is 11.4 Å². The normalized spacial score (nSPS) is 26.4. The zero-order valence-electron chi connectivity index (χ0n) is 20.5. The smallest absolute Gasteiger partial charge is 0.160 e. The number of rotatable bonds is 3. The third kappa shape index (κ3) is 3.24. The Balaban J connectivity index is 1.35. The number of hydrogen-bond donors (Lipinski definition) is 0. The first-order valence-electron chi connectivity index (χ1n) is 13.3. The maximum absolute atomic E-state index is 5.21. The predicted octanol–water partition coefficient (Wildman–Crippen LogP) is 8.10. The van der Waals surface area contributed by atoms with E-state index in [4.69, 9.17) is 9.97 Å². The van der Waals surface area contributed by atoms with Crippen LogP contribution in [0.4, 0.5) is 0 Å². The first-order valence-corrected chi connectivity index (χ1v) is 13.3. The van der Waals surface area contributed by atoms with Gasteiger partial charge >= 0.3 is 0 Å². The van der Waals surface area contributed by atoms with E-state index in [-0.39, 0.29) is 0 Å². The summed E-state index contributed by atoms with van der Waals surface area (Å²) >= 11 is 0. The molecular formula is C34H28N2. The Kier molecular flexibility index (Phi) is 4.31. The standard InChI is InChI=1S/C34H28N2/c1-20-10-12-22(13-11-20)34-35-31(27-9-5-6-21-14-15-23-16-29(23)33(21)27)19-32(36-34)30-18-24-17-28(24)25-7-3-2-4-8-26(25)30/h3-15,18-19,23-24,28-29H,2,16-17H2,1H3. The minimum absolute atomic E-state index is 0.632. The summed E-state index contributed by atoms with van der Waals surface area (Å²) in [6.07, 6.45) is 20.0. The van der Waals surface area contributed by atoms with E-state index in [0.29, 0.717) is 23.7 Å². The van der Waals surface area contributed by atoms with Gasteiger partial charge in [-0.05, 0) is 78.2 Å². The van der Waals surface area contributed by atoms with Crippen molar-refractivity contribution in [2.45, 2.75) is 32.1 Å². The van der Waals surface area contributed by atoms with Crippen molar-refractivity contribution in [3.05, 3.63) is 119 Å². The van der Waals surface area contributed by atoms with Gasteiger partial charge in [-0.25, -0.2) is 9.97 Å². The van der Waals surface area contributed by atoms with Gasteiger partial charge in [0.15, 0.2) is 5.82 Å². The molecular weight excluding hydrogens is 436 g/mol. The van der Waals surface area contributed by atoms with Gasteiger partial charge in [0.25, 0.3) is 0 Å². The number of allylic oxidation sites excluding steroid dienone is 9. The summed E-state index contributed by atoms with van der Waals surface area (Å²) in [5.41, 5.74) is 12.6. The molecule has 2 saturated carbocycles. The molecule has 1 heterocycles. The molecule has 0 bridgehead atoms. The fraction of sp³-hybridized carbons (Fsp3) is 0.235. The highest BCUT2D eigenvalue weighted by molar-refractivity contribution is 5.87. The molecule has 1 aromatic heterocycles. The minimum Gasteiger partial charge on any atom is -0.228 e. The molecule has 0 N–H and O–H groups in total. The van der Waals surface area contributed by atoms with E-state index in [1.165, 1.54) is 51.8 Å². The molecule has 2 aromatic carbocycles. The monoisotopic (exact) mass is 464 g/mol. The largest absolute Gasteiger partial charge is 0.228 e. The number of benzene rings is 2. The van der Waals surface area contributed by atoms with E-state index in [2.05, 4.69) is 98.0 Å². The summed E-state index contributed by atoms with van der Waals surface area (Å²) in [5, 5.41) is 0. The minimum atomic E-state index is 0.632. The van der Waals surface area contributed by atoms with E-state index in [1.807, 2.05) is 0 Å². The van der Waals surface area contributed by atoms with Crippen LogP contribution in [0, 0.1) is 24.7 Å². The molecule has 4 unspecified atom stereocenters. The van der Waals surface area contributed by atoms with Gasteiger partial charge in [-0.3, -0.25) is 0 Å². The van der Waals surface area contributed by atoms with E-state index in [9.17, 15) is 0 Å². The summed E-state index contributed by atoms with van der Waals surface area (Å²) in [4.78, 5) is 10.4. The molecule has 5 aliphatic rings. The molecule has 0 spiro atoms. The Bertz CT molecular complexity index is 1580. The van der Waals surface area contributed by atoms with Crippen LogP contribution in [0.2, 0.25) is 0 Å². The average Bonchev–Trinajstić information content (AvgIpc) is 3.81. The van der Waals surface area contributed by atoms with E-state index in [1.54, 1.807) is 0 Å². The number of fused-ring (bicyclic) bond motifs is 5. The van der Waals surface area contributed by atoms with Gasteiger partial charge in [0.1, 0.15) is 0 Å². The highest BCUT2D eigenvalue weighted by Crippen LogP contribution is 2.56. The van der Waals surface area contributed by atoms with Gasteiger partial charge < -0.3 is 0 Å². The van der Waals surface area contributed by atoms with Crippen LogP contribution < -0.4 is 0 Å². The Morgan fingerprint density at radius 1 is 0.806 bits per heavy atom. The maximum atomic E-state index is 5.21. The molecule has 36 heavy (non-hydrogen) atoms. The topological polar surface area (TPSA) is 25.8 Å². The van der Waals surface area contributed by atoms with Crippen molar-refractivity contribution in [1.29, 1.82) is 0 Å². The van der Waals surface area contributed by atoms with Crippen LogP contribution in [0.5, 0.6) is 0 Å². The van der Waals surface area contributed by atoms with Crippen LogP contribution in [0.1, 0.15) is 47.6 Å². The van der Waals surface area contributed by atoms with Gasteiger partial charge in [0.2, 0.25) is 0 Å². The average molecular weight is 465 g/mol. The van der Waals surface area contributed by atoms with Crippen LogP contribution in [-0.2, 0) is 0 Å². The second-order valence-electron chi connectivity index (χ2n) is 11.0. The lowest BCUT2D eigenvalue weighted by Gasteiger charge is -2.20. The molecule has 2 fully saturated rings. The first-order chi connectivity index (χ1) is 17.7. The van der Waals surface area contributed by atoms with Crippen LogP contribution in [0.25, 0.3) is 34.3 Å². The van der Waals surface area contributed by atoms with E-state index < -0.39 is 0 Å². The molecule has 174 valence electrons. The lowest BCUT2D eigenvalue weighted by molar-refractivity contribution is 0.929. The number of aryl methyl sites for hydroxylation is 1. The Morgan fingerprint density at radius 2 is 1.64 bits per heavy atom. The van der Waals surface area contributed by atoms with E-state index in [0.717, 1.165) is 29.2 Å². The number of hydrogen-bond acceptors (Lipinski definition) is 2. The lowest BCUT2D eigenvalue weighted by Crippen LogP contribution is -2.05. The SMILES string of the molecule is Cc1ccc(-c2nc(C3=CC4CC4C4=C3C=CCC=C4)cc(-c3cccc4c3C3CC3C=C4)n2)cc1. The van der Waals surface area contributed by atoms with Gasteiger partial charge in [-0.15, -0.1) is 0 Å². The molecule has 8 rings (SSSR count). The molecule has 5 aliphatic carbocycles. The van der Waals surface area contributed by atoms with Crippen LogP contribution in [-0.4, -0.2) is 9.97 Å². The third-order valence-corrected chi connectivity index (χ3v) is 8.54. The Morgan fingerprint density at radius 3 is 2.56 bits per heavy atom. The second-order valence-corrected chi connectivity index (χ2v) is 11.0. The second kappa shape index (κ2) is 7.61. The molecule has 2 nitrogen and oxygen atoms in total. The molecule has 0 radical (unpaired) electrons. The zero-order valence-corrected chi connectivity index (χ0v) is 20.5. The van der Waals surface area contributed by atoms with Crippen molar-refractivity contribution in [1.82, 2.24) is 9.97 Å². The van der Waals surface area contributed by atoms with Crippen LogP contribution in [0.15, 0.2) is 96.1 Å². The fourth-order valence-electron chi connectivity index (χ4n) is 6.40. The van der Waals surface area contributed by atoms with Crippen molar-refractivity contribution < 1.29 is 0 Å². The highest BCUT2D eigenvalue weighted by Gasteiger charge is 2.43. The van der Waals surface area contributed by atoms with Crippen LogP contribution in [0.3, 0.4) is 0 Å². The van der Waals surface area contributed by atoms with Crippen molar-refractivity contribution >= 4 is 11.6 Å². The molecule has 0 saturated heterocycles. The third-order valence-electron chi connectivity index (χ3n) is 8.54. The highest BCUT2D eigenvalue weighted by atomic mass is 14.9. The summed E-state index contributed by atoms with van der Waals surface area (Å²) in [6.45, 7) is 2.13. The van der Waals surface area contributed by atoms with Crippen molar-refractivity contribution in [3.63, 3.8) is 0 Å². The Labute approximate surface area is 212 Å². The first kappa shape index (κ1) is 20.4. The fourth-order valence-corrected chi connectivity index (χ4v) is 6.40. The van der Waals surface area contributed by atoms with Crippen LogP contribution >= 0.6 is 0 Å². The van der Waals surface area contributed by atoms with Gasteiger partial charge in [0, 0.05) is 16.7 Å². The van der Waals surface area contributed by atoms with Crippen molar-refractivity contribution in [3.8, 4) is 22.6 Å². The molecule has 4 atom stereocenters. The molecule has 0 amide bonds. The number of aromatic nitrogens is 2. The summed E-state index contributed by atoms with van der Waals surface area (Å²) < 4.78 is 0. The quantitative estimate of drug-likeness (QED) is 0.391. The summed E-state index contributed by atoms with van der Waals surface area (Å²) in [7, 11) is 0. The summed E-state index contributed by atoms with van der Waals surface area (Å²) in [6, 6.07) is 17.6. The van der Waals surface area contributed by atoms with Gasteiger partial charge in [-0.2, -0.15) is 0 Å². The van der Waals surface area contributed by atoms with Gasteiger partial charge in [-0.1, -0.05) is 90.6 Å². The lowest BCUT2D eigenvalue weighted by atomic mass is 9.87. The Hall–Kier alpha value is -3.78. The number of nitrogens with zero attached hydrogens (tertiary/aromatic N) is 2. The molecule has 0 aliphatic heterocycles. The maximum Gasteiger partial charge on any atom is 0.160 e. The zero-order chi connectivity index (χ0) is 23.8. The van der Waals surface area contributed by atoms with Crippen molar-refractivity contribution in [2.24, 2.45) is 17.8 Å². The molecule has 2 heteroatoms. The summed E-state index contributed by atoms with van der Waals surface area (Å²) in [5.74, 6) is 3.46. The van der Waals surface area contributed by atoms with E-state index >= 15 is 0 Å².